The third-order valence-corrected chi connectivity index (χ3v) is 15.5. The summed E-state index contributed by atoms with van der Waals surface area (Å²) in [5.41, 5.74) is -2.00. The highest BCUT2D eigenvalue weighted by atomic mass is 32.2. The fraction of sp³-hybridized carbons (Fsp3) is 0.383. The van der Waals surface area contributed by atoms with Crippen LogP contribution >= 0.6 is 8.53 Å². The Morgan fingerprint density at radius 1 is 0.875 bits per heavy atom. The largest absolute Gasteiger partial charge is 0.497 e. The summed E-state index contributed by atoms with van der Waals surface area (Å²) in [7, 11) is -3.17. The Hall–Kier alpha value is -5.21. The molecule has 64 heavy (non-hydrogen) atoms. The van der Waals surface area contributed by atoms with Crippen LogP contribution in [0.25, 0.3) is 0 Å². The highest BCUT2D eigenvalue weighted by molar-refractivity contribution is 7.89. The molecule has 1 aromatic heterocycles. The van der Waals surface area contributed by atoms with Crippen LogP contribution < -0.4 is 20.7 Å². The van der Waals surface area contributed by atoms with Crippen LogP contribution in [0, 0.1) is 18.3 Å². The van der Waals surface area contributed by atoms with E-state index in [0.717, 1.165) is 16.7 Å². The number of aryl methyl sites for hydroxylation is 1. The SMILES string of the molecule is COc1ccc(C(OC[C@@]23CN(S(=O)(=O)c4ccccc4)[C@@H]([C@H](n4cc(C)c(=O)[nH]c4=O)O2)[C@@H]3OP(OCCC#N)N(C(C)C)C(C)C)(c2ccccc2)c2ccc(OC)cc2)cc1. The Morgan fingerprint density at radius 3 is 1.95 bits per heavy atom. The van der Waals surface area contributed by atoms with Crippen molar-refractivity contribution in [3.8, 4) is 17.6 Å². The van der Waals surface area contributed by atoms with Crippen molar-refractivity contribution in [2.75, 3.05) is 34.0 Å². The minimum atomic E-state index is -4.34. The van der Waals surface area contributed by atoms with Crippen molar-refractivity contribution in [3.05, 3.63) is 158 Å². The van der Waals surface area contributed by atoms with Gasteiger partial charge in [-0.3, -0.25) is 14.3 Å². The molecule has 2 saturated heterocycles. The zero-order chi connectivity index (χ0) is 45.8. The van der Waals surface area contributed by atoms with Crippen LogP contribution in [-0.2, 0) is 34.1 Å². The number of sulfonamides is 1. The zero-order valence-electron chi connectivity index (χ0n) is 36.9. The molecule has 5 aromatic rings. The number of benzene rings is 4. The molecular weight excluding hydrogens is 858 g/mol. The van der Waals surface area contributed by atoms with Gasteiger partial charge in [0.25, 0.3) is 14.1 Å². The minimum Gasteiger partial charge on any atom is -0.497 e. The summed E-state index contributed by atoms with van der Waals surface area (Å²) in [6, 6.07) is 33.4. The predicted molar refractivity (Wildman–Crippen MR) is 241 cm³/mol. The molecule has 1 N–H and O–H groups in total. The first-order chi connectivity index (χ1) is 30.7. The van der Waals surface area contributed by atoms with Gasteiger partial charge in [0.05, 0.1) is 44.8 Å². The number of hydrogen-bond acceptors (Lipinski definition) is 12. The third-order valence-electron chi connectivity index (χ3n) is 11.6. The van der Waals surface area contributed by atoms with Gasteiger partial charge >= 0.3 is 5.69 Å². The van der Waals surface area contributed by atoms with Gasteiger partial charge in [0.1, 0.15) is 34.8 Å². The van der Waals surface area contributed by atoms with Crippen molar-refractivity contribution < 1.29 is 36.4 Å². The highest BCUT2D eigenvalue weighted by Gasteiger charge is 2.69. The summed E-state index contributed by atoms with van der Waals surface area (Å²) < 4.78 is 74.1. The van der Waals surface area contributed by atoms with Gasteiger partial charge in [0.2, 0.25) is 10.0 Å². The molecule has 0 amide bonds. The standard InChI is InChI=1S/C47H54N5O10PS/c1-32(2)52(33(3)4)63(60-28-14-27-48)62-42-41-44(50-29-34(5)43(53)49-45(50)54)61-46(42,30-51(41)64(55,56)40-17-12-9-13-18-40)31-59-47(35-15-10-8-11-16-35,36-19-23-38(57-6)24-20-36)37-21-25-39(58-7)26-22-37/h8-13,15-26,29,32-33,41-42,44H,14,28,30-31H2,1-7H3,(H,49,53,54)/t41-,42+,44-,46-,63?/m1/s1. The smallest absolute Gasteiger partial charge is 0.330 e. The number of aromatic amines is 1. The molecular formula is C47H54N5O10PS. The maximum atomic E-state index is 15.1. The molecule has 15 nitrogen and oxygen atoms in total. The number of nitriles is 1. The van der Waals surface area contributed by atoms with E-state index in [0.29, 0.717) is 11.5 Å². The second-order valence-corrected chi connectivity index (χ2v) is 19.6. The fourth-order valence-electron chi connectivity index (χ4n) is 8.61. The lowest BCUT2D eigenvalue weighted by Gasteiger charge is -2.42. The Bertz CT molecular complexity index is 2590. The van der Waals surface area contributed by atoms with Crippen LogP contribution in [0.5, 0.6) is 11.5 Å². The van der Waals surface area contributed by atoms with Crippen LogP contribution in [0.4, 0.5) is 0 Å². The molecule has 0 radical (unpaired) electrons. The molecule has 2 fully saturated rings. The van der Waals surface area contributed by atoms with Gasteiger partial charge in [-0.05, 0) is 87.7 Å². The average molecular weight is 912 g/mol. The number of methoxy groups -OCH3 is 2. The fourth-order valence-corrected chi connectivity index (χ4v) is 12.1. The number of nitrogens with one attached hydrogen (secondary N) is 1. The Kier molecular flexibility index (Phi) is 14.2. The number of rotatable bonds is 19. The van der Waals surface area contributed by atoms with E-state index in [1.165, 1.54) is 27.2 Å². The zero-order valence-corrected chi connectivity index (χ0v) is 38.6. The maximum absolute atomic E-state index is 15.1. The van der Waals surface area contributed by atoms with Crippen molar-refractivity contribution in [3.63, 3.8) is 0 Å². The number of H-pyrrole nitrogens is 1. The molecule has 1 unspecified atom stereocenters. The Morgan fingerprint density at radius 2 is 1.42 bits per heavy atom. The maximum Gasteiger partial charge on any atom is 0.330 e. The van der Waals surface area contributed by atoms with Gasteiger partial charge in [0, 0.05) is 30.4 Å². The monoisotopic (exact) mass is 911 g/mol. The lowest BCUT2D eigenvalue weighted by atomic mass is 9.79. The summed E-state index contributed by atoms with van der Waals surface area (Å²) >= 11 is 0. The summed E-state index contributed by atoms with van der Waals surface area (Å²) in [5.74, 6) is 1.25. The van der Waals surface area contributed by atoms with Crippen molar-refractivity contribution >= 4 is 18.5 Å². The van der Waals surface area contributed by atoms with Crippen LogP contribution in [0.1, 0.15) is 62.6 Å². The van der Waals surface area contributed by atoms with E-state index >= 15 is 8.42 Å². The van der Waals surface area contributed by atoms with Crippen LogP contribution in [-0.4, -0.2) is 90.8 Å². The molecule has 2 aliphatic heterocycles. The number of ether oxygens (including phenoxy) is 4. The topological polar surface area (TPSA) is 175 Å². The molecule has 4 aromatic carbocycles. The average Bonchev–Trinajstić information content (AvgIpc) is 3.77. The molecule has 2 aliphatic rings. The van der Waals surface area contributed by atoms with Gasteiger partial charge in [-0.25, -0.2) is 17.9 Å². The van der Waals surface area contributed by atoms with Crippen molar-refractivity contribution in [2.24, 2.45) is 0 Å². The molecule has 0 saturated carbocycles. The molecule has 0 aliphatic carbocycles. The summed E-state index contributed by atoms with van der Waals surface area (Å²) in [6.45, 7) is 9.05. The quantitative estimate of drug-likeness (QED) is 0.0518. The molecule has 5 atom stereocenters. The first kappa shape index (κ1) is 46.8. The normalized spacial score (nSPS) is 20.5. The number of aromatic nitrogens is 2. The molecule has 338 valence electrons. The van der Waals surface area contributed by atoms with Gasteiger partial charge in [-0.1, -0.05) is 72.8 Å². The first-order valence-corrected chi connectivity index (χ1v) is 23.6. The van der Waals surface area contributed by atoms with Crippen molar-refractivity contribution in [1.29, 1.82) is 5.26 Å². The van der Waals surface area contributed by atoms with Gasteiger partial charge < -0.3 is 28.0 Å². The molecule has 17 heteroatoms. The molecule has 0 spiro atoms. The summed E-state index contributed by atoms with van der Waals surface area (Å²) in [5, 5.41) is 9.54. The minimum absolute atomic E-state index is 0.0229. The van der Waals surface area contributed by atoms with E-state index in [1.54, 1.807) is 39.3 Å². The lowest BCUT2D eigenvalue weighted by Crippen LogP contribution is -2.53. The van der Waals surface area contributed by atoms with E-state index in [2.05, 4.69) is 11.1 Å². The number of nitrogens with zero attached hydrogens (tertiary/aromatic N) is 4. The second-order valence-electron chi connectivity index (χ2n) is 16.3. The Balaban J connectivity index is 1.48. The van der Waals surface area contributed by atoms with E-state index in [4.69, 9.17) is 28.0 Å². The van der Waals surface area contributed by atoms with Gasteiger partial charge in [-0.15, -0.1) is 0 Å². The van der Waals surface area contributed by atoms with Gasteiger partial charge in [-0.2, -0.15) is 9.57 Å². The van der Waals surface area contributed by atoms with Crippen LogP contribution in [0.15, 0.2) is 130 Å². The lowest BCUT2D eigenvalue weighted by molar-refractivity contribution is -0.169. The van der Waals surface area contributed by atoms with E-state index < -0.39 is 59.4 Å². The van der Waals surface area contributed by atoms with Crippen molar-refractivity contribution in [2.45, 2.75) is 87.6 Å². The summed E-state index contributed by atoms with van der Waals surface area (Å²) in [6.07, 6.45) is -1.02. The van der Waals surface area contributed by atoms with Crippen molar-refractivity contribution in [1.82, 2.24) is 18.5 Å². The number of hydrogen-bond donors (Lipinski definition) is 1. The first-order valence-electron chi connectivity index (χ1n) is 21.0. The second kappa shape index (κ2) is 19.5. The number of morpholine rings is 1. The number of fused-ring (bicyclic) bond motifs is 2. The highest BCUT2D eigenvalue weighted by Crippen LogP contribution is 2.57. The van der Waals surface area contributed by atoms with Gasteiger partial charge in [0.15, 0.2) is 6.23 Å². The van der Waals surface area contributed by atoms with Crippen LogP contribution in [0.2, 0.25) is 0 Å². The van der Waals surface area contributed by atoms with E-state index in [1.807, 2.05) is 111 Å². The van der Waals surface area contributed by atoms with E-state index in [9.17, 15) is 14.9 Å². The third kappa shape index (κ3) is 8.92. The molecule has 3 heterocycles. The van der Waals surface area contributed by atoms with Crippen LogP contribution in [0.3, 0.4) is 0 Å². The molecule has 2 bridgehead atoms. The predicted octanol–water partition coefficient (Wildman–Crippen LogP) is 6.87. The van der Waals surface area contributed by atoms with E-state index in [-0.39, 0.29) is 48.7 Å². The molecule has 7 rings (SSSR count). The summed E-state index contributed by atoms with van der Waals surface area (Å²) in [4.78, 5) is 29.0. The Labute approximate surface area is 375 Å².